The van der Waals surface area contributed by atoms with Gasteiger partial charge in [0.1, 0.15) is 5.84 Å². The molecule has 20 heavy (non-hydrogen) atoms. The minimum atomic E-state index is -0.996. The maximum atomic E-state index is 11.9. The van der Waals surface area contributed by atoms with Crippen molar-refractivity contribution in [2.75, 3.05) is 14.1 Å². The summed E-state index contributed by atoms with van der Waals surface area (Å²) in [7, 11) is 2.92. The third kappa shape index (κ3) is 3.35. The molecule has 0 radical (unpaired) electrons. The first kappa shape index (κ1) is 16.2. The van der Waals surface area contributed by atoms with E-state index in [0.717, 1.165) is 17.7 Å². The zero-order valence-electron chi connectivity index (χ0n) is 12.8. The van der Waals surface area contributed by atoms with Crippen LogP contribution in [0.2, 0.25) is 0 Å². The Balaban J connectivity index is 2.97. The van der Waals surface area contributed by atoms with Crippen LogP contribution in [0.1, 0.15) is 33.6 Å². The third-order valence-electron chi connectivity index (χ3n) is 3.40. The Morgan fingerprint density at radius 2 is 1.80 bits per heavy atom. The van der Waals surface area contributed by atoms with Crippen LogP contribution in [0.4, 0.5) is 4.79 Å². The average Bonchev–Trinajstić information content (AvgIpc) is 2.40. The Morgan fingerprint density at radius 3 is 2.30 bits per heavy atom. The standard InChI is InChI=1S/C14H22N4O2/c1-9(2)6-7-10(3)16-12-11(8-15)13(19)18(5)14(20)17(12)4/h9-11H,6-7H2,1-5H3. The number of imide groups is 1. The minimum absolute atomic E-state index is 0.0188. The SMILES string of the molecule is CC(C)CCC(C)N=C1C(C#N)C(=O)N(C)C(=O)N1C. The lowest BCUT2D eigenvalue weighted by atomic mass is 10.0. The maximum Gasteiger partial charge on any atom is 0.331 e. The fourth-order valence-corrected chi connectivity index (χ4v) is 2.05. The van der Waals surface area contributed by atoms with Crippen molar-refractivity contribution in [3.05, 3.63) is 0 Å². The second-order valence-electron chi connectivity index (χ2n) is 5.61. The van der Waals surface area contributed by atoms with Crippen LogP contribution in [0.3, 0.4) is 0 Å². The van der Waals surface area contributed by atoms with Gasteiger partial charge < -0.3 is 0 Å². The van der Waals surface area contributed by atoms with Crippen molar-refractivity contribution < 1.29 is 9.59 Å². The molecule has 1 saturated heterocycles. The zero-order chi connectivity index (χ0) is 15.4. The van der Waals surface area contributed by atoms with E-state index in [2.05, 4.69) is 18.8 Å². The summed E-state index contributed by atoms with van der Waals surface area (Å²) < 4.78 is 0. The van der Waals surface area contributed by atoms with Gasteiger partial charge >= 0.3 is 6.03 Å². The highest BCUT2D eigenvalue weighted by atomic mass is 16.2. The van der Waals surface area contributed by atoms with Gasteiger partial charge in [-0.15, -0.1) is 0 Å². The van der Waals surface area contributed by atoms with Crippen LogP contribution in [-0.2, 0) is 4.79 Å². The number of nitriles is 1. The number of rotatable bonds is 4. The van der Waals surface area contributed by atoms with E-state index < -0.39 is 17.9 Å². The van der Waals surface area contributed by atoms with Gasteiger partial charge in [0, 0.05) is 20.1 Å². The molecule has 1 rings (SSSR count). The monoisotopic (exact) mass is 278 g/mol. The van der Waals surface area contributed by atoms with Gasteiger partial charge in [0.25, 0.3) is 5.91 Å². The molecule has 0 aromatic rings. The number of hydrogen-bond donors (Lipinski definition) is 0. The summed E-state index contributed by atoms with van der Waals surface area (Å²) in [5.74, 6) is -0.672. The molecule has 110 valence electrons. The highest BCUT2D eigenvalue weighted by Crippen LogP contribution is 2.18. The molecule has 0 N–H and O–H groups in total. The van der Waals surface area contributed by atoms with Gasteiger partial charge in [0.2, 0.25) is 0 Å². The van der Waals surface area contributed by atoms with Gasteiger partial charge in [-0.3, -0.25) is 19.6 Å². The van der Waals surface area contributed by atoms with Gasteiger partial charge in [-0.25, -0.2) is 4.79 Å². The summed E-state index contributed by atoms with van der Waals surface area (Å²) in [4.78, 5) is 30.5. The Hall–Kier alpha value is -1.90. The normalized spacial score (nSPS) is 23.4. The predicted molar refractivity (Wildman–Crippen MR) is 76.0 cm³/mol. The maximum absolute atomic E-state index is 11.9. The summed E-state index contributed by atoms with van der Waals surface area (Å²) in [6.45, 7) is 6.20. The molecule has 0 aromatic carbocycles. The highest BCUT2D eigenvalue weighted by Gasteiger charge is 2.41. The second kappa shape index (κ2) is 6.51. The van der Waals surface area contributed by atoms with Crippen LogP contribution < -0.4 is 0 Å². The fourth-order valence-electron chi connectivity index (χ4n) is 2.05. The minimum Gasteiger partial charge on any atom is -0.283 e. The Bertz CT molecular complexity index is 464. The van der Waals surface area contributed by atoms with Crippen molar-refractivity contribution in [3.8, 4) is 6.07 Å². The Kier molecular flexibility index (Phi) is 5.26. The topological polar surface area (TPSA) is 76.8 Å². The number of amidine groups is 1. The molecule has 0 spiro atoms. The zero-order valence-corrected chi connectivity index (χ0v) is 12.8. The van der Waals surface area contributed by atoms with E-state index in [-0.39, 0.29) is 11.9 Å². The molecular weight excluding hydrogens is 256 g/mol. The van der Waals surface area contributed by atoms with Crippen LogP contribution in [0.15, 0.2) is 4.99 Å². The molecule has 3 amide bonds. The van der Waals surface area contributed by atoms with Crippen molar-refractivity contribution in [2.45, 2.75) is 39.7 Å². The van der Waals surface area contributed by atoms with E-state index in [0.29, 0.717) is 5.92 Å². The molecule has 1 aliphatic heterocycles. The molecule has 1 aliphatic rings. The average molecular weight is 278 g/mol. The summed E-state index contributed by atoms with van der Waals surface area (Å²) in [5.41, 5.74) is 0. The first-order valence-corrected chi connectivity index (χ1v) is 6.82. The number of amides is 3. The van der Waals surface area contributed by atoms with E-state index in [1.807, 2.05) is 13.0 Å². The molecule has 0 saturated carbocycles. The van der Waals surface area contributed by atoms with Crippen molar-refractivity contribution in [3.63, 3.8) is 0 Å². The lowest BCUT2D eigenvalue weighted by Gasteiger charge is -2.33. The summed E-state index contributed by atoms with van der Waals surface area (Å²) in [6.07, 6.45) is 1.88. The van der Waals surface area contributed by atoms with Crippen molar-refractivity contribution in [1.29, 1.82) is 5.26 Å². The van der Waals surface area contributed by atoms with Gasteiger partial charge in [-0.2, -0.15) is 5.26 Å². The molecule has 6 nitrogen and oxygen atoms in total. The first-order chi connectivity index (χ1) is 9.29. The molecule has 2 unspecified atom stereocenters. The fraction of sp³-hybridized carbons (Fsp3) is 0.714. The number of nitrogens with zero attached hydrogens (tertiary/aromatic N) is 4. The van der Waals surface area contributed by atoms with E-state index in [4.69, 9.17) is 5.26 Å². The van der Waals surface area contributed by atoms with Gasteiger partial charge in [0.15, 0.2) is 5.92 Å². The number of hydrogen-bond acceptors (Lipinski definition) is 4. The van der Waals surface area contributed by atoms with Gasteiger partial charge in [-0.1, -0.05) is 13.8 Å². The largest absolute Gasteiger partial charge is 0.331 e. The van der Waals surface area contributed by atoms with E-state index in [1.165, 1.54) is 11.9 Å². The summed E-state index contributed by atoms with van der Waals surface area (Å²) >= 11 is 0. The predicted octanol–water partition coefficient (Wildman–Crippen LogP) is 1.87. The van der Waals surface area contributed by atoms with Crippen molar-refractivity contribution in [2.24, 2.45) is 16.8 Å². The van der Waals surface area contributed by atoms with Gasteiger partial charge in [0.05, 0.1) is 6.07 Å². The second-order valence-corrected chi connectivity index (χ2v) is 5.61. The number of carbonyl (C=O) groups excluding carboxylic acids is 2. The molecule has 2 atom stereocenters. The van der Waals surface area contributed by atoms with Crippen LogP contribution in [0, 0.1) is 23.2 Å². The third-order valence-corrected chi connectivity index (χ3v) is 3.40. The number of carbonyl (C=O) groups is 2. The summed E-state index contributed by atoms with van der Waals surface area (Å²) in [5, 5.41) is 9.17. The van der Waals surface area contributed by atoms with Crippen molar-refractivity contribution >= 4 is 17.8 Å². The quantitative estimate of drug-likeness (QED) is 0.787. The number of urea groups is 1. The Morgan fingerprint density at radius 1 is 1.20 bits per heavy atom. The molecule has 1 fully saturated rings. The van der Waals surface area contributed by atoms with Gasteiger partial charge in [-0.05, 0) is 25.7 Å². The van der Waals surface area contributed by atoms with E-state index >= 15 is 0 Å². The molecular formula is C14H22N4O2. The Labute approximate surface area is 120 Å². The van der Waals surface area contributed by atoms with Crippen LogP contribution >= 0.6 is 0 Å². The smallest absolute Gasteiger partial charge is 0.283 e. The van der Waals surface area contributed by atoms with Crippen LogP contribution in [-0.4, -0.2) is 47.7 Å². The van der Waals surface area contributed by atoms with Crippen molar-refractivity contribution in [1.82, 2.24) is 9.80 Å². The molecule has 6 heteroatoms. The van der Waals surface area contributed by atoms with E-state index in [1.54, 1.807) is 7.05 Å². The number of aliphatic imine (C=N–C) groups is 1. The molecule has 1 heterocycles. The van der Waals surface area contributed by atoms with Crippen LogP contribution in [0.5, 0.6) is 0 Å². The lowest BCUT2D eigenvalue weighted by molar-refractivity contribution is -0.129. The summed E-state index contributed by atoms with van der Waals surface area (Å²) in [6, 6.07) is 1.47. The molecule has 0 aromatic heterocycles. The molecule has 0 bridgehead atoms. The van der Waals surface area contributed by atoms with E-state index in [9.17, 15) is 9.59 Å². The van der Waals surface area contributed by atoms with Crippen LogP contribution in [0.25, 0.3) is 0 Å². The first-order valence-electron chi connectivity index (χ1n) is 6.82. The highest BCUT2D eigenvalue weighted by molar-refractivity contribution is 6.19. The molecule has 0 aliphatic carbocycles. The lowest BCUT2D eigenvalue weighted by Crippen LogP contribution is -2.56.